The van der Waals surface area contributed by atoms with Gasteiger partial charge in [-0.1, -0.05) is 20.8 Å². The van der Waals surface area contributed by atoms with Crippen LogP contribution in [0, 0.1) is 17.2 Å². The van der Waals surface area contributed by atoms with Crippen LogP contribution < -0.4 is 11.5 Å². The summed E-state index contributed by atoms with van der Waals surface area (Å²) in [6.07, 6.45) is 1.88. The Hall–Kier alpha value is -0.410. The minimum absolute atomic E-state index is 0.0819. The Labute approximate surface area is 81.4 Å². The van der Waals surface area contributed by atoms with Crippen LogP contribution >= 0.6 is 0 Å². The van der Waals surface area contributed by atoms with Crippen LogP contribution in [0.3, 0.4) is 0 Å². The SMILES string of the molecule is CC(CCN)CC(N)C(=N)C(C)C. The van der Waals surface area contributed by atoms with Gasteiger partial charge in [0, 0.05) is 11.8 Å². The van der Waals surface area contributed by atoms with Crippen LogP contribution in [-0.4, -0.2) is 18.3 Å². The van der Waals surface area contributed by atoms with E-state index in [2.05, 4.69) is 6.92 Å². The first-order valence-electron chi connectivity index (χ1n) is 5.03. The lowest BCUT2D eigenvalue weighted by molar-refractivity contribution is 0.478. The number of nitrogens with one attached hydrogen (secondary N) is 1. The average molecular weight is 185 g/mol. The monoisotopic (exact) mass is 185 g/mol. The van der Waals surface area contributed by atoms with Crippen molar-refractivity contribution in [3.8, 4) is 0 Å². The number of rotatable bonds is 6. The van der Waals surface area contributed by atoms with Crippen LogP contribution in [0.25, 0.3) is 0 Å². The van der Waals surface area contributed by atoms with Gasteiger partial charge in [0.15, 0.2) is 0 Å². The summed E-state index contributed by atoms with van der Waals surface area (Å²) >= 11 is 0. The lowest BCUT2D eigenvalue weighted by atomic mass is 9.92. The maximum atomic E-state index is 7.72. The molecule has 0 fully saturated rings. The average Bonchev–Trinajstić information content (AvgIpc) is 2.03. The van der Waals surface area contributed by atoms with E-state index in [0.717, 1.165) is 12.8 Å². The van der Waals surface area contributed by atoms with Crippen LogP contribution in [0.2, 0.25) is 0 Å². The Balaban J connectivity index is 3.85. The van der Waals surface area contributed by atoms with Gasteiger partial charge in [0.1, 0.15) is 0 Å². The van der Waals surface area contributed by atoms with Crippen molar-refractivity contribution in [1.82, 2.24) is 0 Å². The zero-order valence-corrected chi connectivity index (χ0v) is 9.01. The molecule has 0 heterocycles. The highest BCUT2D eigenvalue weighted by molar-refractivity contribution is 5.88. The van der Waals surface area contributed by atoms with Gasteiger partial charge in [0.25, 0.3) is 0 Å². The second kappa shape index (κ2) is 6.11. The quantitative estimate of drug-likeness (QED) is 0.546. The molecule has 0 aromatic heterocycles. The molecule has 0 radical (unpaired) electrons. The fourth-order valence-electron chi connectivity index (χ4n) is 1.39. The van der Waals surface area contributed by atoms with E-state index in [9.17, 15) is 0 Å². The Kier molecular flexibility index (Phi) is 5.91. The van der Waals surface area contributed by atoms with Crippen molar-refractivity contribution in [3.05, 3.63) is 0 Å². The molecular formula is C10H23N3. The molecule has 0 aliphatic carbocycles. The zero-order valence-electron chi connectivity index (χ0n) is 9.01. The maximum Gasteiger partial charge on any atom is 0.0428 e. The summed E-state index contributed by atoms with van der Waals surface area (Å²) in [5.41, 5.74) is 12.0. The molecule has 0 amide bonds. The topological polar surface area (TPSA) is 75.9 Å². The van der Waals surface area contributed by atoms with E-state index in [0.29, 0.717) is 18.2 Å². The third kappa shape index (κ3) is 5.01. The Bertz CT molecular complexity index is 154. The summed E-state index contributed by atoms with van der Waals surface area (Å²) < 4.78 is 0. The second-order valence-electron chi connectivity index (χ2n) is 4.13. The van der Waals surface area contributed by atoms with Crippen molar-refractivity contribution in [2.75, 3.05) is 6.54 Å². The third-order valence-electron chi connectivity index (χ3n) is 2.34. The van der Waals surface area contributed by atoms with Gasteiger partial charge in [-0.2, -0.15) is 0 Å². The molecule has 3 nitrogen and oxygen atoms in total. The fraction of sp³-hybridized carbons (Fsp3) is 0.900. The van der Waals surface area contributed by atoms with Gasteiger partial charge >= 0.3 is 0 Å². The molecule has 78 valence electrons. The number of hydrogen-bond acceptors (Lipinski definition) is 3. The van der Waals surface area contributed by atoms with Gasteiger partial charge < -0.3 is 16.9 Å². The first-order chi connectivity index (χ1) is 5.99. The van der Waals surface area contributed by atoms with Crippen molar-refractivity contribution < 1.29 is 0 Å². The van der Waals surface area contributed by atoms with E-state index < -0.39 is 0 Å². The molecule has 0 aromatic rings. The highest BCUT2D eigenvalue weighted by atomic mass is 14.7. The van der Waals surface area contributed by atoms with Crippen LogP contribution in [0.1, 0.15) is 33.6 Å². The van der Waals surface area contributed by atoms with Gasteiger partial charge in [-0.15, -0.1) is 0 Å². The first-order valence-corrected chi connectivity index (χ1v) is 5.03. The maximum absolute atomic E-state index is 7.72. The van der Waals surface area contributed by atoms with Gasteiger partial charge in [0.05, 0.1) is 0 Å². The van der Waals surface area contributed by atoms with Gasteiger partial charge in [-0.25, -0.2) is 0 Å². The van der Waals surface area contributed by atoms with Gasteiger partial charge in [-0.05, 0) is 31.2 Å². The molecule has 0 rings (SSSR count). The highest BCUT2D eigenvalue weighted by Gasteiger charge is 2.15. The fourth-order valence-corrected chi connectivity index (χ4v) is 1.39. The minimum atomic E-state index is -0.0819. The van der Waals surface area contributed by atoms with Crippen molar-refractivity contribution in [1.29, 1.82) is 5.41 Å². The molecule has 2 unspecified atom stereocenters. The van der Waals surface area contributed by atoms with Crippen LogP contribution in [-0.2, 0) is 0 Å². The van der Waals surface area contributed by atoms with Gasteiger partial charge in [-0.3, -0.25) is 0 Å². The Morgan fingerprint density at radius 3 is 2.23 bits per heavy atom. The number of nitrogens with two attached hydrogens (primary N) is 2. The summed E-state index contributed by atoms with van der Waals surface area (Å²) in [4.78, 5) is 0. The van der Waals surface area contributed by atoms with E-state index >= 15 is 0 Å². The smallest absolute Gasteiger partial charge is 0.0428 e. The molecule has 5 N–H and O–H groups in total. The third-order valence-corrected chi connectivity index (χ3v) is 2.34. The lowest BCUT2D eigenvalue weighted by Crippen LogP contribution is -2.35. The van der Waals surface area contributed by atoms with E-state index in [1.807, 2.05) is 13.8 Å². The molecule has 3 heteroatoms. The van der Waals surface area contributed by atoms with Crippen molar-refractivity contribution in [2.45, 2.75) is 39.7 Å². The minimum Gasteiger partial charge on any atom is -0.330 e. The molecule has 0 spiro atoms. The Morgan fingerprint density at radius 2 is 1.85 bits per heavy atom. The van der Waals surface area contributed by atoms with Crippen molar-refractivity contribution >= 4 is 5.71 Å². The molecule has 0 saturated heterocycles. The summed E-state index contributed by atoms with van der Waals surface area (Å²) in [6.45, 7) is 6.87. The molecule has 0 aliphatic heterocycles. The highest BCUT2D eigenvalue weighted by Crippen LogP contribution is 2.11. The van der Waals surface area contributed by atoms with Crippen molar-refractivity contribution in [2.24, 2.45) is 23.3 Å². The Morgan fingerprint density at radius 1 is 1.31 bits per heavy atom. The van der Waals surface area contributed by atoms with Gasteiger partial charge in [0.2, 0.25) is 0 Å². The summed E-state index contributed by atoms with van der Waals surface area (Å²) in [5.74, 6) is 0.791. The summed E-state index contributed by atoms with van der Waals surface area (Å²) in [7, 11) is 0. The largest absolute Gasteiger partial charge is 0.330 e. The van der Waals surface area contributed by atoms with Crippen LogP contribution in [0.15, 0.2) is 0 Å². The van der Waals surface area contributed by atoms with Crippen LogP contribution in [0.5, 0.6) is 0 Å². The van der Waals surface area contributed by atoms with Crippen LogP contribution in [0.4, 0.5) is 0 Å². The predicted octanol–water partition coefficient (Wildman–Crippen LogP) is 1.36. The molecular weight excluding hydrogens is 162 g/mol. The van der Waals surface area contributed by atoms with E-state index in [1.54, 1.807) is 0 Å². The predicted molar refractivity (Wildman–Crippen MR) is 58.0 cm³/mol. The zero-order chi connectivity index (χ0) is 10.4. The molecule has 2 atom stereocenters. The lowest BCUT2D eigenvalue weighted by Gasteiger charge is -2.19. The van der Waals surface area contributed by atoms with E-state index in [4.69, 9.17) is 16.9 Å². The van der Waals surface area contributed by atoms with Crippen molar-refractivity contribution in [3.63, 3.8) is 0 Å². The summed E-state index contributed by atoms with van der Waals surface area (Å²) in [6, 6.07) is -0.0819. The number of hydrogen-bond donors (Lipinski definition) is 3. The molecule has 0 aromatic carbocycles. The second-order valence-corrected chi connectivity index (χ2v) is 4.13. The van der Waals surface area contributed by atoms with E-state index in [1.165, 1.54) is 0 Å². The molecule has 13 heavy (non-hydrogen) atoms. The standard InChI is InChI=1S/C10H23N3/c1-7(2)10(13)9(12)6-8(3)4-5-11/h7-9,13H,4-6,11-12H2,1-3H3. The first kappa shape index (κ1) is 12.6. The molecule has 0 saturated carbocycles. The molecule has 0 aliphatic rings. The van der Waals surface area contributed by atoms with E-state index in [-0.39, 0.29) is 12.0 Å². The summed E-state index contributed by atoms with van der Waals surface area (Å²) in [5, 5.41) is 7.72. The normalized spacial score (nSPS) is 15.8. The molecule has 0 bridgehead atoms.